The van der Waals surface area contributed by atoms with Gasteiger partial charge in [0.25, 0.3) is 0 Å². The average Bonchev–Trinajstić information content (AvgIpc) is 2.03. The summed E-state index contributed by atoms with van der Waals surface area (Å²) in [6.45, 7) is 2.00. The Morgan fingerprint density at radius 3 is 3.00 bits per heavy atom. The molecule has 1 aliphatic rings. The molecule has 60 valence electrons. The lowest BCUT2D eigenvalue weighted by Crippen LogP contribution is -2.31. The fraction of sp³-hybridized carbons (Fsp3) is 0.667. The molecule has 0 amide bonds. The van der Waals surface area contributed by atoms with Gasteiger partial charge < -0.3 is 4.74 Å². The molecule has 2 unspecified atom stereocenters. The molecule has 1 saturated heterocycles. The highest BCUT2D eigenvalue weighted by molar-refractivity contribution is 5.80. The Balaban J connectivity index is 2.52. The van der Waals surface area contributed by atoms with Gasteiger partial charge in [0.2, 0.25) is 0 Å². The number of terminal acetylenes is 1. The van der Waals surface area contributed by atoms with Gasteiger partial charge in [-0.3, -0.25) is 4.79 Å². The van der Waals surface area contributed by atoms with E-state index in [4.69, 9.17) is 11.2 Å². The maximum atomic E-state index is 11.0. The Hall–Kier alpha value is -0.810. The van der Waals surface area contributed by atoms with Gasteiger partial charge in [-0.25, -0.2) is 0 Å². The number of rotatable bonds is 1. The molecule has 1 rings (SSSR count). The number of Topliss-reactive ketones (excluding diaryl/α,β-unsaturated/α-hetero) is 1. The Bertz CT molecular complexity index is 190. The Morgan fingerprint density at radius 2 is 2.45 bits per heavy atom. The van der Waals surface area contributed by atoms with Gasteiger partial charge in [0.05, 0.1) is 6.10 Å². The third kappa shape index (κ3) is 2.06. The lowest BCUT2D eigenvalue weighted by Gasteiger charge is -2.24. The lowest BCUT2D eigenvalue weighted by atomic mass is 10.0. The fourth-order valence-corrected chi connectivity index (χ4v) is 1.21. The minimum Gasteiger partial charge on any atom is -0.361 e. The third-order valence-corrected chi connectivity index (χ3v) is 1.87. The number of ether oxygens (including phenoxy) is 1. The minimum atomic E-state index is -0.277. The van der Waals surface area contributed by atoms with Gasteiger partial charge in [-0.1, -0.05) is 12.8 Å². The van der Waals surface area contributed by atoms with Crippen molar-refractivity contribution < 1.29 is 9.53 Å². The first-order valence-corrected chi connectivity index (χ1v) is 3.89. The zero-order chi connectivity index (χ0) is 8.27. The first-order valence-electron chi connectivity index (χ1n) is 3.89. The SMILES string of the molecule is C#CC1CC(=O)CC(CC)O1. The van der Waals surface area contributed by atoms with Crippen LogP contribution in [-0.2, 0) is 9.53 Å². The highest BCUT2D eigenvalue weighted by Crippen LogP contribution is 2.17. The topological polar surface area (TPSA) is 26.3 Å². The van der Waals surface area contributed by atoms with Crippen LogP contribution in [0.2, 0.25) is 0 Å². The predicted molar refractivity (Wildman–Crippen MR) is 42.0 cm³/mol. The number of carbonyl (C=O) groups excluding carboxylic acids is 1. The summed E-state index contributed by atoms with van der Waals surface area (Å²) in [5.74, 6) is 2.68. The van der Waals surface area contributed by atoms with Gasteiger partial charge in [0, 0.05) is 12.8 Å². The third-order valence-electron chi connectivity index (χ3n) is 1.87. The van der Waals surface area contributed by atoms with Gasteiger partial charge in [-0.2, -0.15) is 0 Å². The molecular weight excluding hydrogens is 140 g/mol. The van der Waals surface area contributed by atoms with E-state index < -0.39 is 0 Å². The number of hydrogen-bond acceptors (Lipinski definition) is 2. The first kappa shape index (κ1) is 8.29. The number of carbonyl (C=O) groups is 1. The maximum Gasteiger partial charge on any atom is 0.139 e. The second-order valence-corrected chi connectivity index (χ2v) is 2.77. The van der Waals surface area contributed by atoms with Gasteiger partial charge in [-0.15, -0.1) is 6.42 Å². The fourth-order valence-electron chi connectivity index (χ4n) is 1.21. The molecule has 1 heterocycles. The molecule has 0 saturated carbocycles. The quantitative estimate of drug-likeness (QED) is 0.527. The van der Waals surface area contributed by atoms with E-state index in [0.717, 1.165) is 6.42 Å². The zero-order valence-corrected chi connectivity index (χ0v) is 6.67. The molecule has 0 aromatic heterocycles. The van der Waals surface area contributed by atoms with Crippen molar-refractivity contribution >= 4 is 5.78 Å². The van der Waals surface area contributed by atoms with Crippen molar-refractivity contribution in [1.82, 2.24) is 0 Å². The van der Waals surface area contributed by atoms with E-state index in [1.807, 2.05) is 6.92 Å². The van der Waals surface area contributed by atoms with Crippen LogP contribution in [0.1, 0.15) is 26.2 Å². The summed E-state index contributed by atoms with van der Waals surface area (Å²) in [7, 11) is 0. The van der Waals surface area contributed by atoms with Crippen molar-refractivity contribution in [2.75, 3.05) is 0 Å². The Morgan fingerprint density at radius 1 is 1.73 bits per heavy atom. The van der Waals surface area contributed by atoms with E-state index >= 15 is 0 Å². The van der Waals surface area contributed by atoms with Crippen molar-refractivity contribution in [2.24, 2.45) is 0 Å². The molecule has 0 aromatic carbocycles. The van der Waals surface area contributed by atoms with E-state index in [1.54, 1.807) is 0 Å². The molecule has 2 atom stereocenters. The van der Waals surface area contributed by atoms with Crippen LogP contribution in [0.25, 0.3) is 0 Å². The summed E-state index contributed by atoms with van der Waals surface area (Å²) in [5, 5.41) is 0. The van der Waals surface area contributed by atoms with Crippen LogP contribution in [0.15, 0.2) is 0 Å². The van der Waals surface area contributed by atoms with Crippen LogP contribution in [0.4, 0.5) is 0 Å². The molecular formula is C9H12O2. The lowest BCUT2D eigenvalue weighted by molar-refractivity contribution is -0.131. The highest BCUT2D eigenvalue weighted by Gasteiger charge is 2.24. The molecule has 0 aliphatic carbocycles. The summed E-state index contributed by atoms with van der Waals surface area (Å²) < 4.78 is 5.40. The number of ketones is 1. The molecule has 0 N–H and O–H groups in total. The van der Waals surface area contributed by atoms with Crippen molar-refractivity contribution in [2.45, 2.75) is 38.4 Å². The molecule has 0 radical (unpaired) electrons. The summed E-state index contributed by atoms with van der Waals surface area (Å²) in [5.41, 5.74) is 0. The molecule has 0 bridgehead atoms. The summed E-state index contributed by atoms with van der Waals surface area (Å²) in [4.78, 5) is 11.0. The van der Waals surface area contributed by atoms with Crippen LogP contribution < -0.4 is 0 Å². The summed E-state index contributed by atoms with van der Waals surface area (Å²) in [6, 6.07) is 0. The minimum absolute atomic E-state index is 0.0531. The smallest absolute Gasteiger partial charge is 0.139 e. The zero-order valence-electron chi connectivity index (χ0n) is 6.67. The number of hydrogen-bond donors (Lipinski definition) is 0. The van der Waals surface area contributed by atoms with E-state index in [-0.39, 0.29) is 18.0 Å². The predicted octanol–water partition coefficient (Wildman–Crippen LogP) is 1.15. The van der Waals surface area contributed by atoms with Crippen molar-refractivity contribution in [1.29, 1.82) is 0 Å². The van der Waals surface area contributed by atoms with E-state index in [9.17, 15) is 4.79 Å². The van der Waals surface area contributed by atoms with Crippen LogP contribution in [0.5, 0.6) is 0 Å². The monoisotopic (exact) mass is 152 g/mol. The molecule has 2 nitrogen and oxygen atoms in total. The standard InChI is InChI=1S/C9H12O2/c1-3-8-5-7(10)6-9(4-2)11-8/h1,8-9H,4-6H2,2H3. The Labute approximate surface area is 66.9 Å². The van der Waals surface area contributed by atoms with Crippen molar-refractivity contribution in [3.63, 3.8) is 0 Å². The van der Waals surface area contributed by atoms with E-state index in [1.165, 1.54) is 0 Å². The maximum absolute atomic E-state index is 11.0. The largest absolute Gasteiger partial charge is 0.361 e. The van der Waals surface area contributed by atoms with Gasteiger partial charge in [0.1, 0.15) is 11.9 Å². The molecule has 11 heavy (non-hydrogen) atoms. The van der Waals surface area contributed by atoms with E-state index in [0.29, 0.717) is 12.8 Å². The normalized spacial score (nSPS) is 31.5. The van der Waals surface area contributed by atoms with Crippen LogP contribution in [0.3, 0.4) is 0 Å². The van der Waals surface area contributed by atoms with Gasteiger partial charge >= 0.3 is 0 Å². The summed E-state index contributed by atoms with van der Waals surface area (Å²) >= 11 is 0. The molecule has 0 aromatic rings. The van der Waals surface area contributed by atoms with Crippen molar-refractivity contribution in [3.8, 4) is 12.3 Å². The average molecular weight is 152 g/mol. The van der Waals surface area contributed by atoms with Crippen LogP contribution in [-0.4, -0.2) is 18.0 Å². The molecule has 1 fully saturated rings. The van der Waals surface area contributed by atoms with Gasteiger partial charge in [0.15, 0.2) is 0 Å². The second-order valence-electron chi connectivity index (χ2n) is 2.77. The molecule has 0 spiro atoms. The van der Waals surface area contributed by atoms with E-state index in [2.05, 4.69) is 5.92 Å². The van der Waals surface area contributed by atoms with Crippen LogP contribution in [0, 0.1) is 12.3 Å². The second kappa shape index (κ2) is 3.54. The Kier molecular flexibility index (Phi) is 2.67. The summed E-state index contributed by atoms with van der Waals surface area (Å²) in [6.07, 6.45) is 6.73. The van der Waals surface area contributed by atoms with Crippen molar-refractivity contribution in [3.05, 3.63) is 0 Å². The first-order chi connectivity index (χ1) is 5.26. The van der Waals surface area contributed by atoms with Gasteiger partial charge in [-0.05, 0) is 6.42 Å². The van der Waals surface area contributed by atoms with Crippen LogP contribution >= 0.6 is 0 Å². The molecule has 2 heteroatoms. The highest BCUT2D eigenvalue weighted by atomic mass is 16.5. The molecule has 1 aliphatic heterocycles.